The van der Waals surface area contributed by atoms with Crippen LogP contribution in [0.2, 0.25) is 0 Å². The number of hydrogen-bond donors (Lipinski definition) is 1. The lowest BCUT2D eigenvalue weighted by Crippen LogP contribution is -1.89. The van der Waals surface area contributed by atoms with Crippen molar-refractivity contribution in [2.24, 2.45) is 0 Å². The molecule has 2 heterocycles. The summed E-state index contributed by atoms with van der Waals surface area (Å²) in [5.74, 6) is 0.840. The maximum atomic E-state index is 7.11. The standard InChI is InChI=1S/C11H11N3O/c1-2-9-6-11(14-15-9)10-5-3-4-8(7-12)13-10/h3-7,12H,2H2,1H3. The Balaban J connectivity index is 2.39. The number of rotatable bonds is 3. The first-order valence-electron chi connectivity index (χ1n) is 4.77. The second kappa shape index (κ2) is 4.04. The van der Waals surface area contributed by atoms with Gasteiger partial charge in [0.15, 0.2) is 0 Å². The summed E-state index contributed by atoms with van der Waals surface area (Å²) in [7, 11) is 0. The van der Waals surface area contributed by atoms with Crippen LogP contribution in [0.3, 0.4) is 0 Å². The fraction of sp³-hybridized carbons (Fsp3) is 0.182. The Morgan fingerprint density at radius 3 is 2.93 bits per heavy atom. The Bertz CT molecular complexity index is 476. The molecule has 2 rings (SSSR count). The van der Waals surface area contributed by atoms with Gasteiger partial charge in [0.2, 0.25) is 0 Å². The third kappa shape index (κ3) is 1.93. The van der Waals surface area contributed by atoms with Crippen molar-refractivity contribution >= 4 is 6.21 Å². The van der Waals surface area contributed by atoms with E-state index in [-0.39, 0.29) is 0 Å². The first kappa shape index (κ1) is 9.58. The summed E-state index contributed by atoms with van der Waals surface area (Å²) in [6.07, 6.45) is 2.03. The van der Waals surface area contributed by atoms with Crippen molar-refractivity contribution in [1.29, 1.82) is 5.41 Å². The first-order chi connectivity index (χ1) is 7.33. The Labute approximate surface area is 87.5 Å². The zero-order valence-electron chi connectivity index (χ0n) is 8.40. The molecule has 0 aliphatic rings. The second-order valence-corrected chi connectivity index (χ2v) is 3.12. The van der Waals surface area contributed by atoms with Gasteiger partial charge in [0, 0.05) is 18.7 Å². The van der Waals surface area contributed by atoms with E-state index in [4.69, 9.17) is 9.93 Å². The molecule has 15 heavy (non-hydrogen) atoms. The highest BCUT2D eigenvalue weighted by Gasteiger charge is 2.06. The summed E-state index contributed by atoms with van der Waals surface area (Å²) in [6, 6.07) is 7.35. The minimum atomic E-state index is 0.619. The summed E-state index contributed by atoms with van der Waals surface area (Å²) in [6.45, 7) is 2.01. The SMILES string of the molecule is CCc1cc(-c2cccc(C=N)n2)no1. The van der Waals surface area contributed by atoms with E-state index in [1.165, 1.54) is 6.21 Å². The summed E-state index contributed by atoms with van der Waals surface area (Å²) >= 11 is 0. The lowest BCUT2D eigenvalue weighted by Gasteiger charge is -1.95. The molecule has 2 aromatic rings. The number of nitrogens with one attached hydrogen (secondary N) is 1. The fourth-order valence-electron chi connectivity index (χ4n) is 1.27. The molecule has 1 N–H and O–H groups in total. The van der Waals surface area contributed by atoms with Gasteiger partial charge in [0.1, 0.15) is 11.5 Å². The average molecular weight is 201 g/mol. The number of hydrogen-bond acceptors (Lipinski definition) is 4. The molecule has 0 aromatic carbocycles. The van der Waals surface area contributed by atoms with Gasteiger partial charge in [0.05, 0.1) is 11.4 Å². The average Bonchev–Trinajstić information content (AvgIpc) is 2.78. The predicted molar refractivity (Wildman–Crippen MR) is 57.0 cm³/mol. The topological polar surface area (TPSA) is 62.8 Å². The quantitative estimate of drug-likeness (QED) is 0.775. The van der Waals surface area contributed by atoms with Crippen LogP contribution in [0.1, 0.15) is 18.4 Å². The third-order valence-corrected chi connectivity index (χ3v) is 2.09. The molecule has 4 heteroatoms. The maximum Gasteiger partial charge on any atom is 0.137 e. The molecular formula is C11H11N3O. The van der Waals surface area contributed by atoms with Crippen molar-refractivity contribution in [1.82, 2.24) is 10.1 Å². The molecule has 0 spiro atoms. The van der Waals surface area contributed by atoms with Crippen molar-refractivity contribution in [3.63, 3.8) is 0 Å². The molecule has 0 fully saturated rings. The van der Waals surface area contributed by atoms with Gasteiger partial charge < -0.3 is 9.93 Å². The van der Waals surface area contributed by atoms with Crippen LogP contribution < -0.4 is 0 Å². The first-order valence-corrected chi connectivity index (χ1v) is 4.77. The lowest BCUT2D eigenvalue weighted by molar-refractivity contribution is 0.389. The molecule has 0 atom stereocenters. The van der Waals surface area contributed by atoms with Gasteiger partial charge in [-0.25, -0.2) is 4.98 Å². The van der Waals surface area contributed by atoms with Crippen LogP contribution in [0.4, 0.5) is 0 Å². The lowest BCUT2D eigenvalue weighted by atomic mass is 10.2. The number of aryl methyl sites for hydroxylation is 1. The predicted octanol–water partition coefficient (Wildman–Crippen LogP) is 2.30. The van der Waals surface area contributed by atoms with Crippen LogP contribution in [-0.4, -0.2) is 16.4 Å². The Morgan fingerprint density at radius 1 is 1.40 bits per heavy atom. The van der Waals surface area contributed by atoms with E-state index in [0.717, 1.165) is 23.6 Å². The molecule has 0 aliphatic carbocycles. The molecule has 4 nitrogen and oxygen atoms in total. The summed E-state index contributed by atoms with van der Waals surface area (Å²) in [5.41, 5.74) is 2.07. The second-order valence-electron chi connectivity index (χ2n) is 3.12. The van der Waals surface area contributed by atoms with Gasteiger partial charge in [-0.3, -0.25) is 0 Å². The van der Waals surface area contributed by atoms with Crippen molar-refractivity contribution < 1.29 is 4.52 Å². The molecule has 0 saturated heterocycles. The van der Waals surface area contributed by atoms with Gasteiger partial charge in [-0.2, -0.15) is 0 Å². The smallest absolute Gasteiger partial charge is 0.137 e. The Hall–Kier alpha value is -1.97. The highest BCUT2D eigenvalue weighted by Crippen LogP contribution is 2.16. The fourth-order valence-corrected chi connectivity index (χ4v) is 1.27. The normalized spacial score (nSPS) is 10.2. The van der Waals surface area contributed by atoms with Crippen LogP contribution in [-0.2, 0) is 6.42 Å². The van der Waals surface area contributed by atoms with Crippen molar-refractivity contribution in [3.05, 3.63) is 35.7 Å². The number of pyridine rings is 1. The highest BCUT2D eigenvalue weighted by atomic mass is 16.5. The zero-order chi connectivity index (χ0) is 10.7. The van der Waals surface area contributed by atoms with Crippen LogP contribution in [0.15, 0.2) is 28.8 Å². The maximum absolute atomic E-state index is 7.11. The molecule has 0 unspecified atom stereocenters. The van der Waals surface area contributed by atoms with Crippen molar-refractivity contribution in [3.8, 4) is 11.4 Å². The number of aromatic nitrogens is 2. The third-order valence-electron chi connectivity index (χ3n) is 2.09. The molecule has 0 bridgehead atoms. The van der Waals surface area contributed by atoms with Gasteiger partial charge >= 0.3 is 0 Å². The molecule has 0 radical (unpaired) electrons. The van der Waals surface area contributed by atoms with Crippen LogP contribution in [0, 0.1) is 5.41 Å². The van der Waals surface area contributed by atoms with Crippen LogP contribution in [0.25, 0.3) is 11.4 Å². The van der Waals surface area contributed by atoms with E-state index >= 15 is 0 Å². The molecular weight excluding hydrogens is 190 g/mol. The molecule has 0 saturated carbocycles. The van der Waals surface area contributed by atoms with Crippen molar-refractivity contribution in [2.75, 3.05) is 0 Å². The van der Waals surface area contributed by atoms with E-state index < -0.39 is 0 Å². The van der Waals surface area contributed by atoms with Gasteiger partial charge in [-0.05, 0) is 12.1 Å². The minimum Gasteiger partial charge on any atom is -0.361 e. The van der Waals surface area contributed by atoms with Crippen molar-refractivity contribution in [2.45, 2.75) is 13.3 Å². The van der Waals surface area contributed by atoms with E-state index in [1.807, 2.05) is 25.1 Å². The summed E-state index contributed by atoms with van der Waals surface area (Å²) < 4.78 is 5.09. The minimum absolute atomic E-state index is 0.619. The van der Waals surface area contributed by atoms with Gasteiger partial charge in [-0.1, -0.05) is 18.1 Å². The highest BCUT2D eigenvalue weighted by molar-refractivity contribution is 5.75. The molecule has 76 valence electrons. The monoisotopic (exact) mass is 201 g/mol. The van der Waals surface area contributed by atoms with E-state index in [1.54, 1.807) is 6.07 Å². The van der Waals surface area contributed by atoms with Crippen LogP contribution >= 0.6 is 0 Å². The Kier molecular flexibility index (Phi) is 2.58. The molecule has 2 aromatic heterocycles. The van der Waals surface area contributed by atoms with E-state index in [2.05, 4.69) is 10.1 Å². The molecule has 0 amide bonds. The van der Waals surface area contributed by atoms with Gasteiger partial charge in [0.25, 0.3) is 0 Å². The largest absolute Gasteiger partial charge is 0.361 e. The summed E-state index contributed by atoms with van der Waals surface area (Å²) in [4.78, 5) is 4.24. The van der Waals surface area contributed by atoms with E-state index in [0.29, 0.717) is 5.69 Å². The Morgan fingerprint density at radius 2 is 2.27 bits per heavy atom. The zero-order valence-corrected chi connectivity index (χ0v) is 8.40. The van der Waals surface area contributed by atoms with E-state index in [9.17, 15) is 0 Å². The van der Waals surface area contributed by atoms with Crippen LogP contribution in [0.5, 0.6) is 0 Å². The number of nitrogens with zero attached hydrogens (tertiary/aromatic N) is 2. The summed E-state index contributed by atoms with van der Waals surface area (Å²) in [5, 5.41) is 11.0. The van der Waals surface area contributed by atoms with Gasteiger partial charge in [-0.15, -0.1) is 0 Å². The molecule has 0 aliphatic heterocycles.